The minimum Gasteiger partial charge on any atom is -0.460 e. The standard InChI is InChI=1S/C23H23ClN4O3S/c1-32-18-4-2-15-10-17(21(24)27-19(15)11-18)13-31-23(30)14-6-8-28(9-7-14)20-5-3-16(12-26-20)22(25)29/h2-5,10-12,14H,6-9,13H2,1H3,(H2,25,29). The smallest absolute Gasteiger partial charge is 0.309 e. The Bertz CT molecular complexity index is 1150. The summed E-state index contributed by atoms with van der Waals surface area (Å²) in [5, 5.41) is 1.31. The zero-order valence-electron chi connectivity index (χ0n) is 17.6. The first-order valence-corrected chi connectivity index (χ1v) is 11.9. The van der Waals surface area contributed by atoms with Crippen molar-refractivity contribution in [3.05, 3.63) is 58.9 Å². The van der Waals surface area contributed by atoms with Gasteiger partial charge in [0, 0.05) is 35.1 Å². The number of benzene rings is 1. The van der Waals surface area contributed by atoms with Gasteiger partial charge in [0.05, 0.1) is 17.0 Å². The van der Waals surface area contributed by atoms with Gasteiger partial charge in [-0.05, 0) is 49.4 Å². The van der Waals surface area contributed by atoms with E-state index in [4.69, 9.17) is 22.1 Å². The first kappa shape index (κ1) is 22.4. The van der Waals surface area contributed by atoms with E-state index in [0.29, 0.717) is 42.2 Å². The summed E-state index contributed by atoms with van der Waals surface area (Å²) < 4.78 is 5.57. The summed E-state index contributed by atoms with van der Waals surface area (Å²) in [5.41, 5.74) is 7.15. The number of piperidine rings is 1. The molecule has 1 aliphatic rings. The molecular weight excluding hydrogens is 448 g/mol. The van der Waals surface area contributed by atoms with Gasteiger partial charge in [-0.1, -0.05) is 17.7 Å². The summed E-state index contributed by atoms with van der Waals surface area (Å²) in [6, 6.07) is 11.4. The highest BCUT2D eigenvalue weighted by molar-refractivity contribution is 7.98. The number of fused-ring (bicyclic) bond motifs is 1. The van der Waals surface area contributed by atoms with E-state index >= 15 is 0 Å². The Labute approximate surface area is 195 Å². The molecule has 3 aromatic rings. The predicted molar refractivity (Wildman–Crippen MR) is 126 cm³/mol. The largest absolute Gasteiger partial charge is 0.460 e. The zero-order chi connectivity index (χ0) is 22.7. The zero-order valence-corrected chi connectivity index (χ0v) is 19.2. The molecule has 2 aromatic heterocycles. The average molecular weight is 471 g/mol. The fraction of sp³-hybridized carbons (Fsp3) is 0.304. The predicted octanol–water partition coefficient (Wildman–Crippen LogP) is 4.06. The van der Waals surface area contributed by atoms with Gasteiger partial charge in [0.1, 0.15) is 17.6 Å². The van der Waals surface area contributed by atoms with E-state index in [1.807, 2.05) is 30.5 Å². The fourth-order valence-corrected chi connectivity index (χ4v) is 4.36. The molecule has 0 radical (unpaired) electrons. The number of hydrogen-bond acceptors (Lipinski definition) is 7. The Kier molecular flexibility index (Phi) is 6.81. The number of carbonyl (C=O) groups is 2. The van der Waals surface area contributed by atoms with Crippen molar-refractivity contribution in [2.75, 3.05) is 24.2 Å². The molecule has 166 valence electrons. The Morgan fingerprint density at radius 1 is 1.22 bits per heavy atom. The molecule has 1 amide bonds. The van der Waals surface area contributed by atoms with Gasteiger partial charge in [-0.15, -0.1) is 11.8 Å². The Hall–Kier alpha value is -2.84. The quantitative estimate of drug-likeness (QED) is 0.329. The number of ether oxygens (including phenoxy) is 1. The van der Waals surface area contributed by atoms with Crippen LogP contribution in [0.1, 0.15) is 28.8 Å². The number of carbonyl (C=O) groups excluding carboxylic acids is 2. The van der Waals surface area contributed by atoms with Crippen molar-refractivity contribution in [2.45, 2.75) is 24.3 Å². The number of amides is 1. The molecule has 2 N–H and O–H groups in total. The number of halogens is 1. The minimum absolute atomic E-state index is 0.0984. The second kappa shape index (κ2) is 9.75. The highest BCUT2D eigenvalue weighted by atomic mass is 35.5. The molecule has 4 rings (SSSR count). The van der Waals surface area contributed by atoms with Crippen LogP contribution < -0.4 is 10.6 Å². The molecule has 0 unspecified atom stereocenters. The summed E-state index contributed by atoms with van der Waals surface area (Å²) >= 11 is 7.98. The summed E-state index contributed by atoms with van der Waals surface area (Å²) in [6.07, 6.45) is 4.82. The number of rotatable bonds is 6. The van der Waals surface area contributed by atoms with Crippen LogP contribution in [-0.2, 0) is 16.1 Å². The molecular formula is C23H23ClN4O3S. The van der Waals surface area contributed by atoms with Gasteiger partial charge in [0.25, 0.3) is 0 Å². The lowest BCUT2D eigenvalue weighted by molar-refractivity contribution is -0.150. The first-order chi connectivity index (χ1) is 15.4. The van der Waals surface area contributed by atoms with E-state index in [2.05, 4.69) is 14.9 Å². The number of anilines is 1. The van der Waals surface area contributed by atoms with E-state index in [-0.39, 0.29) is 18.5 Å². The molecule has 1 fully saturated rings. The highest BCUT2D eigenvalue weighted by Crippen LogP contribution is 2.27. The number of nitrogens with zero attached hydrogens (tertiary/aromatic N) is 3. The molecule has 0 saturated carbocycles. The van der Waals surface area contributed by atoms with E-state index in [1.54, 1.807) is 23.9 Å². The molecule has 1 saturated heterocycles. The van der Waals surface area contributed by atoms with Gasteiger partial charge in [-0.3, -0.25) is 9.59 Å². The van der Waals surface area contributed by atoms with Crippen LogP contribution in [0.4, 0.5) is 5.82 Å². The molecule has 0 aliphatic carbocycles. The summed E-state index contributed by atoms with van der Waals surface area (Å²) in [7, 11) is 0. The Morgan fingerprint density at radius 2 is 2.00 bits per heavy atom. The van der Waals surface area contributed by atoms with Crippen molar-refractivity contribution in [1.82, 2.24) is 9.97 Å². The molecule has 0 spiro atoms. The third kappa shape index (κ3) is 4.97. The van der Waals surface area contributed by atoms with Crippen LogP contribution in [0.15, 0.2) is 47.5 Å². The molecule has 1 aromatic carbocycles. The Balaban J connectivity index is 1.33. The third-order valence-electron chi connectivity index (χ3n) is 5.61. The maximum atomic E-state index is 12.6. The van der Waals surface area contributed by atoms with Crippen molar-refractivity contribution in [1.29, 1.82) is 0 Å². The number of aromatic nitrogens is 2. The van der Waals surface area contributed by atoms with Crippen LogP contribution in [0.3, 0.4) is 0 Å². The molecule has 0 bridgehead atoms. The molecule has 0 atom stereocenters. The van der Waals surface area contributed by atoms with Crippen molar-refractivity contribution >= 4 is 52.0 Å². The number of esters is 1. The Morgan fingerprint density at radius 3 is 2.66 bits per heavy atom. The lowest BCUT2D eigenvalue weighted by Gasteiger charge is -2.31. The van der Waals surface area contributed by atoms with Crippen LogP contribution in [0.25, 0.3) is 10.9 Å². The van der Waals surface area contributed by atoms with E-state index in [1.165, 1.54) is 6.20 Å². The van der Waals surface area contributed by atoms with Crippen LogP contribution in [-0.4, -0.2) is 41.2 Å². The summed E-state index contributed by atoms with van der Waals surface area (Å²) in [6.45, 7) is 1.46. The van der Waals surface area contributed by atoms with Crippen molar-refractivity contribution in [3.8, 4) is 0 Å². The second-order valence-corrected chi connectivity index (χ2v) is 8.87. The minimum atomic E-state index is -0.503. The first-order valence-electron chi connectivity index (χ1n) is 10.2. The molecule has 9 heteroatoms. The molecule has 7 nitrogen and oxygen atoms in total. The normalized spacial score (nSPS) is 14.5. The van der Waals surface area contributed by atoms with Crippen LogP contribution in [0, 0.1) is 5.92 Å². The topological polar surface area (TPSA) is 98.4 Å². The van der Waals surface area contributed by atoms with Gasteiger partial charge >= 0.3 is 5.97 Å². The number of thioether (sulfide) groups is 1. The number of primary amides is 1. The van der Waals surface area contributed by atoms with Crippen molar-refractivity contribution in [3.63, 3.8) is 0 Å². The van der Waals surface area contributed by atoms with Crippen LogP contribution in [0.2, 0.25) is 5.15 Å². The molecule has 32 heavy (non-hydrogen) atoms. The van der Waals surface area contributed by atoms with E-state index < -0.39 is 5.91 Å². The van der Waals surface area contributed by atoms with Gasteiger partial charge < -0.3 is 15.4 Å². The van der Waals surface area contributed by atoms with Gasteiger partial charge in [-0.2, -0.15) is 0 Å². The molecule has 1 aliphatic heterocycles. The monoisotopic (exact) mass is 470 g/mol. The third-order valence-corrected chi connectivity index (χ3v) is 6.66. The second-order valence-electron chi connectivity index (χ2n) is 7.64. The average Bonchev–Trinajstić information content (AvgIpc) is 2.82. The van der Waals surface area contributed by atoms with Crippen molar-refractivity contribution < 1.29 is 14.3 Å². The maximum Gasteiger partial charge on any atom is 0.309 e. The number of nitrogens with two attached hydrogens (primary N) is 1. The fourth-order valence-electron chi connectivity index (χ4n) is 3.73. The van der Waals surface area contributed by atoms with Gasteiger partial charge in [-0.25, -0.2) is 9.97 Å². The summed E-state index contributed by atoms with van der Waals surface area (Å²) in [4.78, 5) is 35.8. The maximum absolute atomic E-state index is 12.6. The number of pyridine rings is 2. The lowest BCUT2D eigenvalue weighted by Crippen LogP contribution is -2.37. The molecule has 3 heterocycles. The number of hydrogen-bond donors (Lipinski definition) is 1. The SMILES string of the molecule is CSc1ccc2cc(COC(=O)C3CCN(c4ccc(C(N)=O)cn4)CC3)c(Cl)nc2c1. The lowest BCUT2D eigenvalue weighted by atomic mass is 9.97. The summed E-state index contributed by atoms with van der Waals surface area (Å²) in [5.74, 6) is -0.138. The van der Waals surface area contributed by atoms with E-state index in [9.17, 15) is 9.59 Å². The van der Waals surface area contributed by atoms with Crippen LogP contribution >= 0.6 is 23.4 Å². The van der Waals surface area contributed by atoms with Crippen molar-refractivity contribution in [2.24, 2.45) is 11.7 Å². The van der Waals surface area contributed by atoms with E-state index in [0.717, 1.165) is 21.6 Å². The van der Waals surface area contributed by atoms with Crippen LogP contribution in [0.5, 0.6) is 0 Å². The van der Waals surface area contributed by atoms with Gasteiger partial charge in [0.15, 0.2) is 0 Å². The van der Waals surface area contributed by atoms with Gasteiger partial charge in [0.2, 0.25) is 5.91 Å². The highest BCUT2D eigenvalue weighted by Gasteiger charge is 2.27.